The molecule has 0 saturated heterocycles. The van der Waals surface area contributed by atoms with E-state index in [0.29, 0.717) is 0 Å². The Kier molecular flexibility index (Phi) is 7.62. The lowest BCUT2D eigenvalue weighted by atomic mass is 9.86. The van der Waals surface area contributed by atoms with Gasteiger partial charge in [-0.3, -0.25) is 4.39 Å². The molecule has 0 nitrogen and oxygen atoms in total. The molecule has 0 fully saturated rings. The number of rotatable bonds is 10. The van der Waals surface area contributed by atoms with E-state index in [1.165, 1.54) is 0 Å². The summed E-state index contributed by atoms with van der Waals surface area (Å²) in [5.74, 6) is -77.4. The lowest BCUT2D eigenvalue weighted by molar-refractivity contribution is -0.474. The van der Waals surface area contributed by atoms with Gasteiger partial charge in [-0.05, 0) is 0 Å². The van der Waals surface area contributed by atoms with Crippen molar-refractivity contribution in [3.63, 3.8) is 0 Å². The van der Waals surface area contributed by atoms with E-state index in [-0.39, 0.29) is 0 Å². The van der Waals surface area contributed by atoms with Crippen LogP contribution in [0.2, 0.25) is 0 Å². The first-order chi connectivity index (χ1) is 14.3. The molecule has 0 radical (unpaired) electrons. The molecule has 0 aromatic rings. The lowest BCUT2D eigenvalue weighted by Crippen LogP contribution is -2.76. The average Bonchev–Trinajstić information content (AvgIpc) is 2.59. The van der Waals surface area contributed by atoms with Gasteiger partial charge < -0.3 is 0 Å². The second kappa shape index (κ2) is 7.99. The summed E-state index contributed by atoms with van der Waals surface area (Å²) in [5.41, 5.74) is 0. The first kappa shape index (κ1) is 32.5. The minimum absolute atomic E-state index is 2.81. The summed E-state index contributed by atoms with van der Waals surface area (Å²) in [5, 5.41) is 0. The van der Waals surface area contributed by atoms with E-state index in [0.717, 1.165) is 0 Å². The number of halogens is 22. The van der Waals surface area contributed by atoms with Gasteiger partial charge in [0.25, 0.3) is 0 Å². The zero-order chi connectivity index (χ0) is 28.4. The normalized spacial score (nSPS) is 16.8. The van der Waals surface area contributed by atoms with Gasteiger partial charge in [-0.1, -0.05) is 0 Å². The largest absolute Gasteiger partial charge is 0.460 e. The van der Waals surface area contributed by atoms with Crippen LogP contribution in [0, 0.1) is 0 Å². The van der Waals surface area contributed by atoms with Crippen molar-refractivity contribution >= 4 is 0 Å². The van der Waals surface area contributed by atoms with Crippen molar-refractivity contribution in [1.29, 1.82) is 0 Å². The van der Waals surface area contributed by atoms with E-state index < -0.39 is 72.6 Å². The second-order valence-electron chi connectivity index (χ2n) is 6.24. The summed E-state index contributed by atoms with van der Waals surface area (Å²) in [6.45, 7) is -2.81. The van der Waals surface area contributed by atoms with E-state index in [1.54, 1.807) is 0 Å². The fraction of sp³-hybridized carbons (Fsp3) is 1.00. The number of alkyl halides is 22. The molecule has 0 aliphatic heterocycles. The van der Waals surface area contributed by atoms with Gasteiger partial charge in [0.2, 0.25) is 0 Å². The molecule has 0 N–H and O–H groups in total. The van der Waals surface area contributed by atoms with Gasteiger partial charge in [0, 0.05) is 6.42 Å². The molecule has 0 aliphatic carbocycles. The predicted molar refractivity (Wildman–Crippen MR) is 61.2 cm³/mol. The molecule has 0 heterocycles. The Labute approximate surface area is 170 Å². The Morgan fingerprint density at radius 1 is 0.294 bits per heavy atom. The first-order valence-electron chi connectivity index (χ1n) is 7.34. The lowest BCUT2D eigenvalue weighted by Gasteiger charge is -2.44. The van der Waals surface area contributed by atoms with Crippen LogP contribution in [0.5, 0.6) is 0 Å². The monoisotopic (exact) mass is 566 g/mol. The van der Waals surface area contributed by atoms with Crippen molar-refractivity contribution in [2.75, 3.05) is 6.67 Å². The maximum Gasteiger partial charge on any atom is 0.460 e. The van der Waals surface area contributed by atoms with Crippen molar-refractivity contribution in [1.82, 2.24) is 0 Å². The van der Waals surface area contributed by atoms with Gasteiger partial charge in [0.15, 0.2) is 0 Å². The summed E-state index contributed by atoms with van der Waals surface area (Å²) in [7, 11) is 0. The molecule has 206 valence electrons. The minimum atomic E-state index is -9.20. The molecule has 0 spiro atoms. The SMILES string of the molecule is FCCC(F)(F)C(F)(F)C(F)(F)C(F)(F)C(F)(F)C(F)(F)C(F)(F)C(F)(F)C(F)(F)C(F)(F)F. The molecular weight excluding hydrogens is 562 g/mol. The van der Waals surface area contributed by atoms with Crippen LogP contribution in [0.15, 0.2) is 0 Å². The highest BCUT2D eigenvalue weighted by atomic mass is 19.4. The maximum absolute atomic E-state index is 13.3. The van der Waals surface area contributed by atoms with Crippen LogP contribution < -0.4 is 0 Å². The predicted octanol–water partition coefficient (Wildman–Crippen LogP) is 7.63. The zero-order valence-electron chi connectivity index (χ0n) is 14.7. The second-order valence-corrected chi connectivity index (χ2v) is 6.24. The third kappa shape index (κ3) is 3.80. The summed E-state index contributed by atoms with van der Waals surface area (Å²) in [6.07, 6.45) is -11.2. The first-order valence-corrected chi connectivity index (χ1v) is 7.34. The van der Waals surface area contributed by atoms with Crippen LogP contribution in [0.3, 0.4) is 0 Å². The van der Waals surface area contributed by atoms with Crippen molar-refractivity contribution < 1.29 is 96.6 Å². The molecular formula is C12H4F22. The van der Waals surface area contributed by atoms with Crippen molar-refractivity contribution in [2.24, 2.45) is 0 Å². The van der Waals surface area contributed by atoms with Gasteiger partial charge in [-0.2, -0.15) is 92.2 Å². The molecule has 0 unspecified atom stereocenters. The fourth-order valence-corrected chi connectivity index (χ4v) is 1.87. The zero-order valence-corrected chi connectivity index (χ0v) is 14.7. The Morgan fingerprint density at radius 3 is 0.706 bits per heavy atom. The molecule has 0 aliphatic rings. The smallest absolute Gasteiger partial charge is 0.251 e. The maximum atomic E-state index is 13.3. The van der Waals surface area contributed by atoms with Crippen LogP contribution in [-0.4, -0.2) is 66.2 Å². The molecule has 0 aromatic heterocycles. The van der Waals surface area contributed by atoms with E-state index in [4.69, 9.17) is 0 Å². The third-order valence-electron chi connectivity index (χ3n) is 3.98. The van der Waals surface area contributed by atoms with E-state index in [2.05, 4.69) is 0 Å². The van der Waals surface area contributed by atoms with Crippen LogP contribution >= 0.6 is 0 Å². The Balaban J connectivity index is 7.01. The van der Waals surface area contributed by atoms with Crippen LogP contribution in [-0.2, 0) is 0 Å². The standard InChI is InChI=1S/C12H4F22/c13-2-1-3(14,15)4(16,17)5(18,19)6(20,21)7(22,23)8(24,25)9(26,27)10(28,29)11(30,31)12(32,33)34/h1-2H2. The van der Waals surface area contributed by atoms with Gasteiger partial charge in [-0.15, -0.1) is 0 Å². The van der Waals surface area contributed by atoms with Crippen LogP contribution in [0.4, 0.5) is 96.6 Å². The van der Waals surface area contributed by atoms with E-state index in [1.807, 2.05) is 0 Å². The third-order valence-corrected chi connectivity index (χ3v) is 3.98. The van der Waals surface area contributed by atoms with E-state index in [9.17, 15) is 96.6 Å². The molecule has 0 bridgehead atoms. The Bertz CT molecular complexity index is 725. The molecule has 0 saturated carbocycles. The summed E-state index contributed by atoms with van der Waals surface area (Å²) in [6, 6.07) is 0. The number of hydrogen-bond donors (Lipinski definition) is 0. The molecule has 0 aromatic carbocycles. The Hall–Kier alpha value is -1.54. The highest BCUT2D eigenvalue weighted by molar-refractivity contribution is 5.17. The summed E-state index contributed by atoms with van der Waals surface area (Å²) < 4.78 is 283. The highest BCUT2D eigenvalue weighted by Gasteiger charge is 2.97. The van der Waals surface area contributed by atoms with Gasteiger partial charge in [0.1, 0.15) is 0 Å². The number of hydrogen-bond acceptors (Lipinski definition) is 0. The Morgan fingerprint density at radius 2 is 0.500 bits per heavy atom. The fourth-order valence-electron chi connectivity index (χ4n) is 1.87. The average molecular weight is 566 g/mol. The molecule has 0 rings (SSSR count). The topological polar surface area (TPSA) is 0 Å². The molecule has 34 heavy (non-hydrogen) atoms. The highest BCUT2D eigenvalue weighted by Crippen LogP contribution is 2.66. The summed E-state index contributed by atoms with van der Waals surface area (Å²) >= 11 is 0. The molecule has 0 amide bonds. The molecule has 0 atom stereocenters. The van der Waals surface area contributed by atoms with Gasteiger partial charge >= 0.3 is 59.5 Å². The molecule has 22 heteroatoms. The minimum Gasteiger partial charge on any atom is -0.251 e. The van der Waals surface area contributed by atoms with Gasteiger partial charge in [-0.25, -0.2) is 0 Å². The van der Waals surface area contributed by atoms with Crippen molar-refractivity contribution in [3.05, 3.63) is 0 Å². The van der Waals surface area contributed by atoms with Crippen molar-refractivity contribution in [3.8, 4) is 0 Å². The van der Waals surface area contributed by atoms with Crippen LogP contribution in [0.1, 0.15) is 6.42 Å². The quantitative estimate of drug-likeness (QED) is 0.239. The van der Waals surface area contributed by atoms with E-state index >= 15 is 0 Å². The van der Waals surface area contributed by atoms with Crippen molar-refractivity contribution in [2.45, 2.75) is 65.9 Å². The van der Waals surface area contributed by atoms with Crippen LogP contribution in [0.25, 0.3) is 0 Å². The van der Waals surface area contributed by atoms with Gasteiger partial charge in [0.05, 0.1) is 6.67 Å². The summed E-state index contributed by atoms with van der Waals surface area (Å²) in [4.78, 5) is 0.